The van der Waals surface area contributed by atoms with Gasteiger partial charge in [0.25, 0.3) is 5.56 Å². The zero-order valence-electron chi connectivity index (χ0n) is 21.0. The lowest BCUT2D eigenvalue weighted by atomic mass is 10.1. The van der Waals surface area contributed by atoms with Gasteiger partial charge in [0.05, 0.1) is 22.6 Å². The Morgan fingerprint density at radius 3 is 2.46 bits per heavy atom. The van der Waals surface area contributed by atoms with Gasteiger partial charge in [-0.2, -0.15) is 0 Å². The van der Waals surface area contributed by atoms with Crippen molar-refractivity contribution in [2.45, 2.75) is 19.4 Å². The molecule has 0 bridgehead atoms. The molecule has 192 valence electrons. The van der Waals surface area contributed by atoms with Gasteiger partial charge >= 0.3 is 6.03 Å². The van der Waals surface area contributed by atoms with E-state index in [4.69, 9.17) is 16.6 Å². The summed E-state index contributed by atoms with van der Waals surface area (Å²) in [5.74, 6) is 0.497. The van der Waals surface area contributed by atoms with Crippen LogP contribution in [0.4, 0.5) is 10.5 Å². The largest absolute Gasteiger partial charge is 0.322 e. The molecule has 0 aliphatic heterocycles. The highest BCUT2D eigenvalue weighted by atomic mass is 79.9. The molecule has 1 unspecified atom stereocenters. The second-order valence-electron chi connectivity index (χ2n) is 8.97. The molecule has 0 fully saturated rings. The Kier molecular flexibility index (Phi) is 8.63. The summed E-state index contributed by atoms with van der Waals surface area (Å²) >= 11 is 9.60. The van der Waals surface area contributed by atoms with E-state index in [-0.39, 0.29) is 11.6 Å². The summed E-state index contributed by atoms with van der Waals surface area (Å²) in [5, 5.41) is 4.09. The number of aromatic nitrogens is 2. The molecule has 7 nitrogen and oxygen atoms in total. The first-order chi connectivity index (χ1) is 17.8. The molecular weight excluding hydrogens is 554 g/mol. The number of carbonyl (C=O) groups excluding carboxylic acids is 1. The molecule has 1 aromatic heterocycles. The molecule has 1 atom stereocenters. The standard InChI is InChI=1S/C28H29BrClN5O2/c1-4-25(34(17-16-33(2)3)28(37)31-21-9-7-8-19(29)18-21)26-32-24-11-6-5-10-23(24)27(36)35(26)22-14-12-20(30)13-15-22/h5-15,18,25H,4,16-17H2,1-3H3,(H,31,37). The van der Waals surface area contributed by atoms with Crippen LogP contribution >= 0.6 is 27.5 Å². The molecular formula is C28H29BrClN5O2. The van der Waals surface area contributed by atoms with Gasteiger partial charge < -0.3 is 15.1 Å². The SMILES string of the molecule is CCC(c1nc2ccccc2c(=O)n1-c1ccc(Cl)cc1)N(CCN(C)C)C(=O)Nc1cccc(Br)c1. The second-order valence-corrected chi connectivity index (χ2v) is 10.3. The van der Waals surface area contributed by atoms with Crippen molar-refractivity contribution in [3.63, 3.8) is 0 Å². The minimum absolute atomic E-state index is 0.193. The molecule has 0 saturated carbocycles. The molecule has 0 saturated heterocycles. The Labute approximate surface area is 229 Å². The first kappa shape index (κ1) is 26.9. The number of likely N-dealkylation sites (N-methyl/N-ethyl adjacent to an activating group) is 1. The third kappa shape index (κ3) is 6.21. The Balaban J connectivity index is 1.86. The van der Waals surface area contributed by atoms with E-state index in [1.165, 1.54) is 0 Å². The maximum absolute atomic E-state index is 13.8. The molecule has 2 amide bonds. The fraction of sp³-hybridized carbons (Fsp3) is 0.250. The zero-order chi connectivity index (χ0) is 26.5. The average Bonchev–Trinajstić information content (AvgIpc) is 2.87. The van der Waals surface area contributed by atoms with Crippen LogP contribution in [0.3, 0.4) is 0 Å². The molecule has 9 heteroatoms. The van der Waals surface area contributed by atoms with Gasteiger partial charge in [-0.25, -0.2) is 9.78 Å². The number of amides is 2. The molecule has 0 aliphatic carbocycles. The van der Waals surface area contributed by atoms with Crippen molar-refractivity contribution < 1.29 is 4.79 Å². The van der Waals surface area contributed by atoms with Crippen molar-refractivity contribution in [3.05, 3.63) is 98.5 Å². The van der Waals surface area contributed by atoms with Crippen LogP contribution in [0.1, 0.15) is 25.2 Å². The molecule has 4 aromatic rings. The van der Waals surface area contributed by atoms with Crippen molar-refractivity contribution in [1.29, 1.82) is 0 Å². The summed E-state index contributed by atoms with van der Waals surface area (Å²) in [6.45, 7) is 3.07. The minimum Gasteiger partial charge on any atom is -0.313 e. The first-order valence-corrected chi connectivity index (χ1v) is 13.2. The van der Waals surface area contributed by atoms with Crippen LogP contribution in [-0.2, 0) is 0 Å². The van der Waals surface area contributed by atoms with E-state index >= 15 is 0 Å². The van der Waals surface area contributed by atoms with Crippen molar-refractivity contribution in [2.75, 3.05) is 32.5 Å². The molecule has 3 aromatic carbocycles. The number of para-hydroxylation sites is 1. The van der Waals surface area contributed by atoms with Crippen molar-refractivity contribution in [1.82, 2.24) is 19.4 Å². The third-order valence-corrected chi connectivity index (χ3v) is 6.82. The highest BCUT2D eigenvalue weighted by molar-refractivity contribution is 9.10. The molecule has 1 heterocycles. The minimum atomic E-state index is -0.472. The van der Waals surface area contributed by atoms with E-state index < -0.39 is 6.04 Å². The van der Waals surface area contributed by atoms with E-state index in [0.29, 0.717) is 52.6 Å². The van der Waals surface area contributed by atoms with E-state index in [1.807, 2.05) is 68.4 Å². The quantitative estimate of drug-likeness (QED) is 0.263. The highest BCUT2D eigenvalue weighted by Crippen LogP contribution is 2.27. The fourth-order valence-electron chi connectivity index (χ4n) is 4.22. The van der Waals surface area contributed by atoms with Gasteiger partial charge in [0.2, 0.25) is 0 Å². The van der Waals surface area contributed by atoms with Crippen LogP contribution in [0, 0.1) is 0 Å². The molecule has 1 N–H and O–H groups in total. The van der Waals surface area contributed by atoms with Crippen molar-refractivity contribution >= 4 is 50.2 Å². The predicted molar refractivity (Wildman–Crippen MR) is 154 cm³/mol. The first-order valence-electron chi connectivity index (χ1n) is 12.0. The number of nitrogens with zero attached hydrogens (tertiary/aromatic N) is 4. The van der Waals surface area contributed by atoms with Gasteiger partial charge in [-0.1, -0.05) is 52.7 Å². The van der Waals surface area contributed by atoms with Crippen LogP contribution in [0.15, 0.2) is 82.1 Å². The lowest BCUT2D eigenvalue weighted by Crippen LogP contribution is -2.43. The van der Waals surface area contributed by atoms with Gasteiger partial charge in [0.15, 0.2) is 0 Å². The second kappa shape index (κ2) is 11.9. The number of urea groups is 1. The van der Waals surface area contributed by atoms with Gasteiger partial charge in [-0.3, -0.25) is 9.36 Å². The van der Waals surface area contributed by atoms with Crippen molar-refractivity contribution in [3.8, 4) is 5.69 Å². The predicted octanol–water partition coefficient (Wildman–Crippen LogP) is 6.35. The summed E-state index contributed by atoms with van der Waals surface area (Å²) in [6, 6.07) is 21.1. The maximum Gasteiger partial charge on any atom is 0.322 e. The van der Waals surface area contributed by atoms with Crippen LogP contribution in [0.2, 0.25) is 5.02 Å². The Morgan fingerprint density at radius 2 is 1.78 bits per heavy atom. The van der Waals surface area contributed by atoms with Crippen LogP contribution in [0.5, 0.6) is 0 Å². The number of hydrogen-bond donors (Lipinski definition) is 1. The van der Waals surface area contributed by atoms with E-state index in [2.05, 4.69) is 21.2 Å². The van der Waals surface area contributed by atoms with Crippen LogP contribution in [0.25, 0.3) is 16.6 Å². The third-order valence-electron chi connectivity index (χ3n) is 6.07. The van der Waals surface area contributed by atoms with Crippen LogP contribution in [-0.4, -0.2) is 52.6 Å². The number of benzene rings is 3. The number of fused-ring (bicyclic) bond motifs is 1. The zero-order valence-corrected chi connectivity index (χ0v) is 23.3. The topological polar surface area (TPSA) is 70.5 Å². The molecule has 37 heavy (non-hydrogen) atoms. The van der Waals surface area contributed by atoms with Gasteiger partial charge in [-0.05, 0) is 75.1 Å². The summed E-state index contributed by atoms with van der Waals surface area (Å²) < 4.78 is 2.46. The number of rotatable bonds is 8. The Morgan fingerprint density at radius 1 is 1.05 bits per heavy atom. The highest BCUT2D eigenvalue weighted by Gasteiger charge is 2.29. The lowest BCUT2D eigenvalue weighted by Gasteiger charge is -2.33. The number of anilines is 1. The summed E-state index contributed by atoms with van der Waals surface area (Å²) in [6.07, 6.45) is 0.553. The summed E-state index contributed by atoms with van der Waals surface area (Å²) in [7, 11) is 3.92. The monoisotopic (exact) mass is 581 g/mol. The lowest BCUT2D eigenvalue weighted by molar-refractivity contribution is 0.173. The number of halogens is 2. The summed E-state index contributed by atoms with van der Waals surface area (Å²) in [5.41, 5.74) is 1.71. The molecule has 4 rings (SSSR count). The normalized spacial score (nSPS) is 12.1. The fourth-order valence-corrected chi connectivity index (χ4v) is 4.75. The Hall–Kier alpha value is -3.20. The number of nitrogens with one attached hydrogen (secondary N) is 1. The molecule has 0 spiro atoms. The smallest absolute Gasteiger partial charge is 0.313 e. The van der Waals surface area contributed by atoms with Gasteiger partial charge in [-0.15, -0.1) is 0 Å². The maximum atomic E-state index is 13.8. The number of hydrogen-bond acceptors (Lipinski definition) is 4. The molecule has 0 radical (unpaired) electrons. The van der Waals surface area contributed by atoms with Crippen LogP contribution < -0.4 is 10.9 Å². The van der Waals surface area contributed by atoms with E-state index in [0.717, 1.165) is 4.47 Å². The van der Waals surface area contributed by atoms with Crippen molar-refractivity contribution in [2.24, 2.45) is 0 Å². The van der Waals surface area contributed by atoms with E-state index in [9.17, 15) is 9.59 Å². The van der Waals surface area contributed by atoms with E-state index in [1.54, 1.807) is 39.8 Å². The summed E-state index contributed by atoms with van der Waals surface area (Å²) in [4.78, 5) is 36.2. The molecule has 0 aliphatic rings. The average molecular weight is 583 g/mol. The van der Waals surface area contributed by atoms with Gasteiger partial charge in [0, 0.05) is 28.3 Å². The van der Waals surface area contributed by atoms with Gasteiger partial charge in [0.1, 0.15) is 5.82 Å². The number of carbonyl (C=O) groups is 1. The Bertz CT molecular complexity index is 1460.